The molecule has 0 amide bonds. The zero-order valence-corrected chi connectivity index (χ0v) is 9.21. The fourth-order valence-electron chi connectivity index (χ4n) is 1.55. The van der Waals surface area contributed by atoms with E-state index >= 15 is 0 Å². The summed E-state index contributed by atoms with van der Waals surface area (Å²) in [5.41, 5.74) is 1.02. The van der Waals surface area contributed by atoms with Crippen LogP contribution >= 0.6 is 11.3 Å². The Morgan fingerprint density at radius 1 is 1.21 bits per heavy atom. The van der Waals surface area contributed by atoms with Crippen LogP contribution in [0.2, 0.25) is 0 Å². The topological polar surface area (TPSA) is 20.2 Å². The number of hydrogen-bond donors (Lipinski definition) is 1. The quantitative estimate of drug-likeness (QED) is 0.796. The molecule has 0 spiro atoms. The molecule has 0 radical (unpaired) electrons. The highest BCUT2D eigenvalue weighted by molar-refractivity contribution is 7.17. The van der Waals surface area contributed by atoms with Crippen LogP contribution in [0.5, 0.6) is 0 Å². The van der Waals surface area contributed by atoms with Gasteiger partial charge in [0.05, 0.1) is 6.10 Å². The van der Waals surface area contributed by atoms with Crippen LogP contribution in [0.1, 0.15) is 25.5 Å². The number of aliphatic hydroxyl groups excluding tert-OH is 1. The Bertz CT molecular complexity index is 431. The normalized spacial score (nSPS) is 13.7. The highest BCUT2D eigenvalue weighted by atomic mass is 32.1. The van der Waals surface area contributed by atoms with E-state index in [1.807, 2.05) is 19.9 Å². The van der Waals surface area contributed by atoms with Crippen LogP contribution in [-0.2, 0) is 0 Å². The van der Waals surface area contributed by atoms with E-state index in [4.69, 9.17) is 0 Å². The van der Waals surface area contributed by atoms with Gasteiger partial charge in [-0.25, -0.2) is 0 Å². The molecule has 0 aliphatic carbocycles. The van der Waals surface area contributed by atoms with Gasteiger partial charge < -0.3 is 5.11 Å². The van der Waals surface area contributed by atoms with Crippen molar-refractivity contribution >= 4 is 21.4 Å². The molecule has 0 aliphatic rings. The lowest BCUT2D eigenvalue weighted by atomic mass is 9.98. The summed E-state index contributed by atoms with van der Waals surface area (Å²) in [7, 11) is 0. The Labute approximate surface area is 88.0 Å². The third kappa shape index (κ3) is 1.68. The van der Waals surface area contributed by atoms with Gasteiger partial charge in [0.1, 0.15) is 0 Å². The largest absolute Gasteiger partial charge is 0.388 e. The third-order valence-corrected chi connectivity index (χ3v) is 3.35. The summed E-state index contributed by atoms with van der Waals surface area (Å²) in [6.45, 7) is 4.06. The zero-order chi connectivity index (χ0) is 10.1. The van der Waals surface area contributed by atoms with E-state index in [1.165, 1.54) is 10.1 Å². The second-order valence-corrected chi connectivity index (χ2v) is 4.85. The SMILES string of the molecule is CC(C)[C@H](O)c1ccc2sccc2c1. The number of aliphatic hydroxyl groups is 1. The van der Waals surface area contributed by atoms with Gasteiger partial charge >= 0.3 is 0 Å². The highest BCUT2D eigenvalue weighted by Gasteiger charge is 2.11. The van der Waals surface area contributed by atoms with Crippen molar-refractivity contribution in [1.29, 1.82) is 0 Å². The Hall–Kier alpha value is -0.860. The predicted octanol–water partition coefficient (Wildman–Crippen LogP) is 3.59. The van der Waals surface area contributed by atoms with Gasteiger partial charge in [0.15, 0.2) is 0 Å². The number of hydrogen-bond acceptors (Lipinski definition) is 2. The van der Waals surface area contributed by atoms with Crippen molar-refractivity contribution in [2.24, 2.45) is 5.92 Å². The lowest BCUT2D eigenvalue weighted by Crippen LogP contribution is -2.04. The van der Waals surface area contributed by atoms with Crippen molar-refractivity contribution in [2.75, 3.05) is 0 Å². The first-order valence-corrected chi connectivity index (χ1v) is 5.71. The summed E-state index contributed by atoms with van der Waals surface area (Å²) in [5, 5.41) is 13.2. The summed E-state index contributed by atoms with van der Waals surface area (Å²) in [6.07, 6.45) is -0.348. The van der Waals surface area contributed by atoms with E-state index in [0.717, 1.165) is 5.56 Å². The van der Waals surface area contributed by atoms with Gasteiger partial charge in [-0.2, -0.15) is 0 Å². The molecule has 2 heteroatoms. The molecule has 0 saturated heterocycles. The smallest absolute Gasteiger partial charge is 0.0813 e. The van der Waals surface area contributed by atoms with Gasteiger partial charge in [-0.05, 0) is 40.4 Å². The van der Waals surface area contributed by atoms with Crippen molar-refractivity contribution in [1.82, 2.24) is 0 Å². The average molecular weight is 206 g/mol. The van der Waals surface area contributed by atoms with Crippen LogP contribution in [0.3, 0.4) is 0 Å². The fourth-order valence-corrected chi connectivity index (χ4v) is 2.32. The number of fused-ring (bicyclic) bond motifs is 1. The third-order valence-electron chi connectivity index (χ3n) is 2.45. The first-order valence-electron chi connectivity index (χ1n) is 4.83. The summed E-state index contributed by atoms with van der Waals surface area (Å²) >= 11 is 1.73. The van der Waals surface area contributed by atoms with Crippen molar-refractivity contribution in [3.63, 3.8) is 0 Å². The second kappa shape index (κ2) is 3.71. The zero-order valence-electron chi connectivity index (χ0n) is 8.40. The monoisotopic (exact) mass is 206 g/mol. The molecule has 74 valence electrons. The average Bonchev–Trinajstić information content (AvgIpc) is 2.62. The molecule has 1 atom stereocenters. The summed E-state index contributed by atoms with van der Waals surface area (Å²) in [5.74, 6) is 0.270. The Balaban J connectivity index is 2.43. The molecule has 2 rings (SSSR count). The molecule has 0 saturated carbocycles. The van der Waals surface area contributed by atoms with Crippen molar-refractivity contribution < 1.29 is 5.11 Å². The maximum absolute atomic E-state index is 9.90. The first kappa shape index (κ1) is 9.69. The molecule has 0 unspecified atom stereocenters. The molecule has 1 N–H and O–H groups in total. The van der Waals surface area contributed by atoms with Crippen LogP contribution in [0.25, 0.3) is 10.1 Å². The summed E-state index contributed by atoms with van der Waals surface area (Å²) < 4.78 is 1.28. The molecule has 1 aromatic carbocycles. The Morgan fingerprint density at radius 2 is 2.00 bits per heavy atom. The van der Waals surface area contributed by atoms with Gasteiger partial charge in [0.2, 0.25) is 0 Å². The minimum atomic E-state index is -0.348. The Kier molecular flexibility index (Phi) is 2.57. The Morgan fingerprint density at radius 3 is 2.71 bits per heavy atom. The molecule has 1 aromatic heterocycles. The number of rotatable bonds is 2. The lowest BCUT2D eigenvalue weighted by Gasteiger charge is -2.14. The van der Waals surface area contributed by atoms with E-state index in [1.54, 1.807) is 11.3 Å². The molecule has 0 bridgehead atoms. The van der Waals surface area contributed by atoms with Crippen LogP contribution in [0.15, 0.2) is 29.6 Å². The van der Waals surface area contributed by atoms with Gasteiger partial charge in [0, 0.05) is 4.70 Å². The maximum Gasteiger partial charge on any atom is 0.0813 e. The first-order chi connectivity index (χ1) is 6.68. The van der Waals surface area contributed by atoms with E-state index in [-0.39, 0.29) is 12.0 Å². The fraction of sp³-hybridized carbons (Fsp3) is 0.333. The molecule has 0 fully saturated rings. The van der Waals surface area contributed by atoms with Crippen molar-refractivity contribution in [3.05, 3.63) is 35.2 Å². The van der Waals surface area contributed by atoms with Gasteiger partial charge in [0.25, 0.3) is 0 Å². The second-order valence-electron chi connectivity index (χ2n) is 3.91. The minimum Gasteiger partial charge on any atom is -0.388 e. The van der Waals surface area contributed by atoms with Crippen LogP contribution in [0.4, 0.5) is 0 Å². The van der Waals surface area contributed by atoms with Crippen molar-refractivity contribution in [3.8, 4) is 0 Å². The lowest BCUT2D eigenvalue weighted by molar-refractivity contribution is 0.127. The maximum atomic E-state index is 9.90. The van der Waals surface area contributed by atoms with Crippen LogP contribution in [-0.4, -0.2) is 5.11 Å². The molecule has 14 heavy (non-hydrogen) atoms. The standard InChI is InChI=1S/C12H14OS/c1-8(2)12(13)10-3-4-11-9(7-10)5-6-14-11/h3-8,12-13H,1-2H3/t12-/m0/s1. The molecule has 1 nitrogen and oxygen atoms in total. The van der Waals surface area contributed by atoms with E-state index in [0.29, 0.717) is 0 Å². The molecule has 2 aromatic rings. The molecule has 1 heterocycles. The van der Waals surface area contributed by atoms with Gasteiger partial charge in [-0.15, -0.1) is 11.3 Å². The number of thiophene rings is 1. The summed E-state index contributed by atoms with van der Waals surface area (Å²) in [4.78, 5) is 0. The van der Waals surface area contributed by atoms with Crippen LogP contribution in [0, 0.1) is 5.92 Å². The molecular weight excluding hydrogens is 192 g/mol. The van der Waals surface area contributed by atoms with E-state index < -0.39 is 0 Å². The van der Waals surface area contributed by atoms with Crippen LogP contribution < -0.4 is 0 Å². The van der Waals surface area contributed by atoms with E-state index in [9.17, 15) is 5.11 Å². The number of benzene rings is 1. The summed E-state index contributed by atoms with van der Waals surface area (Å²) in [6, 6.07) is 8.28. The van der Waals surface area contributed by atoms with Gasteiger partial charge in [-0.1, -0.05) is 19.9 Å². The van der Waals surface area contributed by atoms with E-state index in [2.05, 4.69) is 23.6 Å². The predicted molar refractivity (Wildman–Crippen MR) is 61.6 cm³/mol. The highest BCUT2D eigenvalue weighted by Crippen LogP contribution is 2.27. The molecular formula is C12H14OS. The van der Waals surface area contributed by atoms with Gasteiger partial charge in [-0.3, -0.25) is 0 Å². The molecule has 0 aliphatic heterocycles. The minimum absolute atomic E-state index is 0.270. The van der Waals surface area contributed by atoms with Crippen molar-refractivity contribution in [2.45, 2.75) is 20.0 Å².